The highest BCUT2D eigenvalue weighted by Crippen LogP contribution is 2.31. The van der Waals surface area contributed by atoms with E-state index < -0.39 is 6.10 Å². The molecule has 24 heavy (non-hydrogen) atoms. The fraction of sp³-hybridized carbons (Fsp3) is 0.650. The quantitative estimate of drug-likeness (QED) is 0.867. The number of hydrogen-bond donors (Lipinski definition) is 1. The molecule has 0 heterocycles. The van der Waals surface area contributed by atoms with Crippen LogP contribution in [-0.4, -0.2) is 43.1 Å². The summed E-state index contributed by atoms with van der Waals surface area (Å²) in [5.41, 5.74) is 2.36. The summed E-state index contributed by atoms with van der Waals surface area (Å²) in [6.45, 7) is 6.59. The minimum atomic E-state index is -0.492. The Hall–Kier alpha value is -1.55. The highest BCUT2D eigenvalue weighted by molar-refractivity contribution is 5.80. The van der Waals surface area contributed by atoms with Gasteiger partial charge in [-0.3, -0.25) is 4.79 Å². The molecule has 0 aliphatic heterocycles. The summed E-state index contributed by atoms with van der Waals surface area (Å²) in [5, 5.41) is 3.12. The third-order valence-corrected chi connectivity index (χ3v) is 5.55. The monoisotopic (exact) mass is 332 g/mol. The van der Waals surface area contributed by atoms with Crippen LogP contribution >= 0.6 is 0 Å². The molecule has 1 aliphatic carbocycles. The van der Waals surface area contributed by atoms with Gasteiger partial charge in [0, 0.05) is 12.1 Å². The molecule has 0 aromatic heterocycles. The van der Waals surface area contributed by atoms with Crippen molar-refractivity contribution in [2.45, 2.75) is 64.5 Å². The van der Waals surface area contributed by atoms with E-state index in [9.17, 15) is 4.79 Å². The van der Waals surface area contributed by atoms with Crippen LogP contribution in [0.4, 0.5) is 0 Å². The number of likely N-dealkylation sites (N-methyl/N-ethyl adjacent to an activating group) is 1. The normalized spacial score (nSPS) is 18.2. The molecule has 0 radical (unpaired) electrons. The van der Waals surface area contributed by atoms with Crippen LogP contribution < -0.4 is 10.1 Å². The number of hydrogen-bond acceptors (Lipinski definition) is 3. The highest BCUT2D eigenvalue weighted by Gasteiger charge is 2.34. The number of ether oxygens (including phenoxy) is 1. The zero-order valence-electron chi connectivity index (χ0n) is 15.8. The molecule has 1 fully saturated rings. The van der Waals surface area contributed by atoms with Crippen molar-refractivity contribution in [2.75, 3.05) is 20.6 Å². The molecular formula is C20H32N2O2. The number of amides is 1. The van der Waals surface area contributed by atoms with Crippen molar-refractivity contribution in [1.82, 2.24) is 10.2 Å². The Balaban J connectivity index is 1.94. The van der Waals surface area contributed by atoms with Gasteiger partial charge in [0.2, 0.25) is 0 Å². The van der Waals surface area contributed by atoms with Crippen molar-refractivity contribution < 1.29 is 9.53 Å². The maximum Gasteiger partial charge on any atom is 0.260 e. The fourth-order valence-electron chi connectivity index (χ4n) is 3.48. The minimum Gasteiger partial charge on any atom is -0.481 e. The van der Waals surface area contributed by atoms with Crippen molar-refractivity contribution in [3.63, 3.8) is 0 Å². The van der Waals surface area contributed by atoms with E-state index in [1.807, 2.05) is 26.0 Å². The lowest BCUT2D eigenvalue weighted by Gasteiger charge is -2.43. The van der Waals surface area contributed by atoms with Crippen LogP contribution in [0.2, 0.25) is 0 Å². The predicted octanol–water partition coefficient (Wildman–Crippen LogP) is 3.45. The maximum atomic E-state index is 12.5. The molecule has 1 aromatic rings. The van der Waals surface area contributed by atoms with Gasteiger partial charge in [0.15, 0.2) is 6.10 Å². The second-order valence-electron chi connectivity index (χ2n) is 7.36. The van der Waals surface area contributed by atoms with Crippen LogP contribution in [0.5, 0.6) is 5.75 Å². The smallest absolute Gasteiger partial charge is 0.260 e. The largest absolute Gasteiger partial charge is 0.481 e. The van der Waals surface area contributed by atoms with Crippen molar-refractivity contribution in [1.29, 1.82) is 0 Å². The Kier molecular flexibility index (Phi) is 6.27. The maximum absolute atomic E-state index is 12.5. The number of nitrogens with zero attached hydrogens (tertiary/aromatic N) is 1. The summed E-state index contributed by atoms with van der Waals surface area (Å²) in [5.74, 6) is 0.750. The number of benzene rings is 1. The van der Waals surface area contributed by atoms with Crippen molar-refractivity contribution in [3.8, 4) is 5.75 Å². The number of carbonyl (C=O) groups is 1. The second kappa shape index (κ2) is 8.02. The van der Waals surface area contributed by atoms with Crippen LogP contribution in [0.3, 0.4) is 0 Å². The Morgan fingerprint density at radius 2 is 1.92 bits per heavy atom. The number of carbonyl (C=O) groups excluding carboxylic acids is 1. The average molecular weight is 332 g/mol. The number of rotatable bonds is 6. The molecular weight excluding hydrogens is 300 g/mol. The van der Waals surface area contributed by atoms with E-state index in [0.29, 0.717) is 6.54 Å². The van der Waals surface area contributed by atoms with Gasteiger partial charge in [-0.15, -0.1) is 0 Å². The van der Waals surface area contributed by atoms with Gasteiger partial charge in [-0.2, -0.15) is 0 Å². The zero-order valence-corrected chi connectivity index (χ0v) is 15.8. The van der Waals surface area contributed by atoms with Crippen molar-refractivity contribution in [2.24, 2.45) is 0 Å². The van der Waals surface area contributed by atoms with Gasteiger partial charge in [-0.25, -0.2) is 0 Å². The molecule has 2 rings (SSSR count). The lowest BCUT2D eigenvalue weighted by Crippen LogP contribution is -2.55. The van der Waals surface area contributed by atoms with Crippen molar-refractivity contribution in [3.05, 3.63) is 29.3 Å². The van der Waals surface area contributed by atoms with E-state index >= 15 is 0 Å². The summed E-state index contributed by atoms with van der Waals surface area (Å²) in [7, 11) is 4.24. The zero-order chi connectivity index (χ0) is 17.7. The first kappa shape index (κ1) is 18.8. The Morgan fingerprint density at radius 3 is 2.54 bits per heavy atom. The third kappa shape index (κ3) is 4.29. The first-order chi connectivity index (χ1) is 11.4. The van der Waals surface area contributed by atoms with E-state index in [0.717, 1.165) is 24.2 Å². The molecule has 0 unspecified atom stereocenters. The second-order valence-corrected chi connectivity index (χ2v) is 7.36. The lowest BCUT2D eigenvalue weighted by molar-refractivity contribution is -0.128. The first-order valence-electron chi connectivity index (χ1n) is 9.04. The molecule has 4 nitrogen and oxygen atoms in total. The van der Waals surface area contributed by atoms with Crippen molar-refractivity contribution >= 4 is 5.91 Å². The highest BCUT2D eigenvalue weighted by atomic mass is 16.5. The van der Waals surface area contributed by atoms with E-state index in [1.165, 1.54) is 24.8 Å². The Morgan fingerprint density at radius 1 is 1.25 bits per heavy atom. The van der Waals surface area contributed by atoms with Crippen LogP contribution in [0.25, 0.3) is 0 Å². The van der Waals surface area contributed by atoms with Crippen LogP contribution in [0, 0.1) is 13.8 Å². The van der Waals surface area contributed by atoms with Gasteiger partial charge in [0.25, 0.3) is 5.91 Å². The van der Waals surface area contributed by atoms with E-state index in [4.69, 9.17) is 4.74 Å². The Bertz CT molecular complexity index is 563. The summed E-state index contributed by atoms with van der Waals surface area (Å²) in [4.78, 5) is 14.8. The minimum absolute atomic E-state index is 0.0392. The molecule has 1 saturated carbocycles. The van der Waals surface area contributed by atoms with Gasteiger partial charge >= 0.3 is 0 Å². The lowest BCUT2D eigenvalue weighted by atomic mass is 9.80. The van der Waals surface area contributed by atoms with E-state index in [-0.39, 0.29) is 11.4 Å². The van der Waals surface area contributed by atoms with Gasteiger partial charge in [-0.1, -0.05) is 31.4 Å². The average Bonchev–Trinajstić information content (AvgIpc) is 2.57. The van der Waals surface area contributed by atoms with Gasteiger partial charge in [0.05, 0.1) is 0 Å². The molecule has 0 bridgehead atoms. The van der Waals surface area contributed by atoms with Gasteiger partial charge < -0.3 is 15.0 Å². The third-order valence-electron chi connectivity index (χ3n) is 5.55. The summed E-state index contributed by atoms with van der Waals surface area (Å²) >= 11 is 0. The number of aryl methyl sites for hydroxylation is 1. The molecule has 1 aromatic carbocycles. The summed E-state index contributed by atoms with van der Waals surface area (Å²) in [6.07, 6.45) is 5.58. The fourth-order valence-corrected chi connectivity index (χ4v) is 3.48. The van der Waals surface area contributed by atoms with Crippen LogP contribution in [-0.2, 0) is 4.79 Å². The predicted molar refractivity (Wildman–Crippen MR) is 98.5 cm³/mol. The molecule has 1 N–H and O–H groups in total. The number of nitrogens with one attached hydrogen (secondary N) is 1. The Labute approximate surface area is 146 Å². The van der Waals surface area contributed by atoms with Gasteiger partial charge in [0.1, 0.15) is 5.75 Å². The molecule has 1 aliphatic rings. The van der Waals surface area contributed by atoms with Gasteiger partial charge in [-0.05, 0) is 64.9 Å². The van der Waals surface area contributed by atoms with E-state index in [2.05, 4.69) is 37.3 Å². The SMILES string of the molecule is Cc1cccc(O[C@H](C)C(=O)NCC2(N(C)C)CCCCC2)c1C. The van der Waals surface area contributed by atoms with E-state index in [1.54, 1.807) is 0 Å². The molecule has 134 valence electrons. The molecule has 4 heteroatoms. The molecule has 1 amide bonds. The molecule has 0 spiro atoms. The van der Waals surface area contributed by atoms with Crippen LogP contribution in [0.1, 0.15) is 50.2 Å². The first-order valence-corrected chi connectivity index (χ1v) is 9.04. The molecule has 0 saturated heterocycles. The standard InChI is InChI=1S/C20H32N2O2/c1-15-10-9-11-18(16(15)2)24-17(3)19(23)21-14-20(22(4)5)12-7-6-8-13-20/h9-11,17H,6-8,12-14H2,1-5H3,(H,21,23)/t17-/m1/s1. The summed E-state index contributed by atoms with van der Waals surface area (Å²) in [6, 6.07) is 5.94. The summed E-state index contributed by atoms with van der Waals surface area (Å²) < 4.78 is 5.90. The molecule has 1 atom stereocenters. The topological polar surface area (TPSA) is 41.6 Å². The van der Waals surface area contributed by atoms with Crippen LogP contribution in [0.15, 0.2) is 18.2 Å².